The molecule has 0 aliphatic carbocycles. The Balaban J connectivity index is 0.00000484. The van der Waals surface area contributed by atoms with Crippen LogP contribution in [-0.4, -0.2) is 32.0 Å². The Hall–Kier alpha value is -0.730. The Morgan fingerprint density at radius 2 is 2.00 bits per heavy atom. The summed E-state index contributed by atoms with van der Waals surface area (Å²) in [5.74, 6) is 0.465. The van der Waals surface area contributed by atoms with Crippen LogP contribution in [0.4, 0.5) is 0 Å². The molecule has 0 heterocycles. The summed E-state index contributed by atoms with van der Waals surface area (Å²) in [5, 5.41) is 10.1. The number of carbonyl (C=O) groups excluding carboxylic acids is 1. The molecule has 23 heavy (non-hydrogen) atoms. The molecule has 3 N–H and O–H groups in total. The third-order valence-corrected chi connectivity index (χ3v) is 3.56. The van der Waals surface area contributed by atoms with Gasteiger partial charge in [-0.2, -0.15) is 0 Å². The largest absolute Gasteiger partial charge is 0.355 e. The quantitative estimate of drug-likeness (QED) is 0.338. The third-order valence-electron chi connectivity index (χ3n) is 2.99. The van der Waals surface area contributed by atoms with E-state index in [4.69, 9.17) is 23.2 Å². The van der Waals surface area contributed by atoms with Crippen molar-refractivity contribution in [2.24, 2.45) is 4.99 Å². The molecule has 0 radical (unpaired) electrons. The first-order valence-electron chi connectivity index (χ1n) is 7.16. The standard InChI is InChI=1S/C15H22Cl2N4O.HI/c1-4-7-19-14(22)9-20-15(18-3)21-10(2)12-6-5-11(16)8-13(12)17;/h5-6,8,10H,4,7,9H2,1-3H3,(H,19,22)(H2,18,20,21);1H. The van der Waals surface area contributed by atoms with E-state index >= 15 is 0 Å². The smallest absolute Gasteiger partial charge is 0.239 e. The number of hydrogen-bond donors (Lipinski definition) is 3. The summed E-state index contributed by atoms with van der Waals surface area (Å²) in [6.45, 7) is 4.80. The zero-order valence-electron chi connectivity index (χ0n) is 13.5. The summed E-state index contributed by atoms with van der Waals surface area (Å²) in [5.41, 5.74) is 0.907. The van der Waals surface area contributed by atoms with Gasteiger partial charge in [0.05, 0.1) is 12.6 Å². The van der Waals surface area contributed by atoms with Gasteiger partial charge < -0.3 is 16.0 Å². The number of hydrogen-bond acceptors (Lipinski definition) is 2. The third kappa shape index (κ3) is 8.08. The summed E-state index contributed by atoms with van der Waals surface area (Å²) in [6.07, 6.45) is 0.908. The van der Waals surface area contributed by atoms with Crippen LogP contribution in [0.5, 0.6) is 0 Å². The van der Waals surface area contributed by atoms with E-state index in [1.54, 1.807) is 19.2 Å². The first kappa shape index (κ1) is 22.3. The minimum Gasteiger partial charge on any atom is -0.355 e. The highest BCUT2D eigenvalue weighted by Gasteiger charge is 2.12. The van der Waals surface area contributed by atoms with Gasteiger partial charge in [0.15, 0.2) is 5.96 Å². The summed E-state index contributed by atoms with van der Waals surface area (Å²) in [4.78, 5) is 15.7. The molecule has 8 heteroatoms. The summed E-state index contributed by atoms with van der Waals surface area (Å²) in [6, 6.07) is 5.28. The highest BCUT2D eigenvalue weighted by atomic mass is 127. The van der Waals surface area contributed by atoms with E-state index in [9.17, 15) is 4.79 Å². The maximum Gasteiger partial charge on any atom is 0.239 e. The molecule has 1 amide bonds. The lowest BCUT2D eigenvalue weighted by Crippen LogP contribution is -2.44. The van der Waals surface area contributed by atoms with Gasteiger partial charge in [0, 0.05) is 23.6 Å². The van der Waals surface area contributed by atoms with Crippen molar-refractivity contribution in [1.82, 2.24) is 16.0 Å². The molecule has 0 saturated carbocycles. The van der Waals surface area contributed by atoms with Crippen molar-refractivity contribution in [2.75, 3.05) is 20.1 Å². The number of carbonyl (C=O) groups is 1. The second kappa shape index (κ2) is 11.8. The number of guanidine groups is 1. The van der Waals surface area contributed by atoms with Crippen LogP contribution in [-0.2, 0) is 4.79 Å². The van der Waals surface area contributed by atoms with E-state index in [2.05, 4.69) is 20.9 Å². The zero-order valence-corrected chi connectivity index (χ0v) is 17.3. The molecule has 0 fully saturated rings. The molecule has 1 rings (SSSR count). The van der Waals surface area contributed by atoms with Crippen molar-refractivity contribution in [2.45, 2.75) is 26.3 Å². The molecule has 0 bridgehead atoms. The van der Waals surface area contributed by atoms with Gasteiger partial charge in [0.1, 0.15) is 0 Å². The minimum absolute atomic E-state index is 0. The topological polar surface area (TPSA) is 65.5 Å². The number of halogens is 3. The van der Waals surface area contributed by atoms with Crippen molar-refractivity contribution >= 4 is 59.0 Å². The van der Waals surface area contributed by atoms with E-state index in [-0.39, 0.29) is 42.5 Å². The maximum atomic E-state index is 11.6. The minimum atomic E-state index is -0.0744. The van der Waals surface area contributed by atoms with Gasteiger partial charge in [-0.3, -0.25) is 9.79 Å². The molecule has 0 saturated heterocycles. The maximum absolute atomic E-state index is 11.6. The lowest BCUT2D eigenvalue weighted by molar-refractivity contribution is -0.120. The van der Waals surface area contributed by atoms with Gasteiger partial charge in [-0.05, 0) is 31.0 Å². The normalized spacial score (nSPS) is 12.1. The molecule has 0 spiro atoms. The first-order valence-corrected chi connectivity index (χ1v) is 7.92. The Bertz CT molecular complexity index is 540. The van der Waals surface area contributed by atoms with Crippen molar-refractivity contribution in [3.8, 4) is 0 Å². The van der Waals surface area contributed by atoms with Gasteiger partial charge in [-0.15, -0.1) is 24.0 Å². The summed E-state index contributed by atoms with van der Waals surface area (Å²) < 4.78 is 0. The van der Waals surface area contributed by atoms with E-state index in [1.165, 1.54) is 0 Å². The molecule has 1 unspecified atom stereocenters. The number of benzene rings is 1. The van der Waals surface area contributed by atoms with Gasteiger partial charge in [0.2, 0.25) is 5.91 Å². The Labute approximate surface area is 164 Å². The molecule has 0 aromatic heterocycles. The van der Waals surface area contributed by atoms with Crippen LogP contribution in [0.15, 0.2) is 23.2 Å². The fraction of sp³-hybridized carbons (Fsp3) is 0.467. The van der Waals surface area contributed by atoms with E-state index in [0.717, 1.165) is 12.0 Å². The molecule has 5 nitrogen and oxygen atoms in total. The average Bonchev–Trinajstić information content (AvgIpc) is 2.48. The van der Waals surface area contributed by atoms with Gasteiger partial charge in [0.25, 0.3) is 0 Å². The van der Waals surface area contributed by atoms with Crippen LogP contribution in [0, 0.1) is 0 Å². The van der Waals surface area contributed by atoms with Crippen molar-refractivity contribution < 1.29 is 4.79 Å². The number of rotatable bonds is 6. The van der Waals surface area contributed by atoms with Crippen LogP contribution >= 0.6 is 47.2 Å². The van der Waals surface area contributed by atoms with Crippen LogP contribution in [0.2, 0.25) is 10.0 Å². The second-order valence-corrected chi connectivity index (χ2v) is 5.65. The Kier molecular flexibility index (Phi) is 11.4. The first-order chi connectivity index (χ1) is 10.5. The number of nitrogens with one attached hydrogen (secondary N) is 3. The van der Waals surface area contributed by atoms with Crippen LogP contribution in [0.25, 0.3) is 0 Å². The SMILES string of the molecule is CCCNC(=O)CNC(=NC)NC(C)c1ccc(Cl)cc1Cl.I. The monoisotopic (exact) mass is 472 g/mol. The summed E-state index contributed by atoms with van der Waals surface area (Å²) >= 11 is 12.1. The highest BCUT2D eigenvalue weighted by Crippen LogP contribution is 2.25. The predicted octanol–water partition coefficient (Wildman–Crippen LogP) is 3.36. The number of amides is 1. The van der Waals surface area contributed by atoms with E-state index in [1.807, 2.05) is 19.9 Å². The van der Waals surface area contributed by atoms with Gasteiger partial charge >= 0.3 is 0 Å². The van der Waals surface area contributed by atoms with E-state index in [0.29, 0.717) is 22.5 Å². The van der Waals surface area contributed by atoms with Crippen molar-refractivity contribution in [3.05, 3.63) is 33.8 Å². The highest BCUT2D eigenvalue weighted by molar-refractivity contribution is 14.0. The summed E-state index contributed by atoms with van der Waals surface area (Å²) in [7, 11) is 1.65. The number of nitrogens with zero attached hydrogens (tertiary/aromatic N) is 1. The molecule has 1 atom stereocenters. The average molecular weight is 473 g/mol. The number of aliphatic imine (C=N–C) groups is 1. The van der Waals surface area contributed by atoms with Crippen molar-refractivity contribution in [1.29, 1.82) is 0 Å². The molecular formula is C15H23Cl2IN4O. The van der Waals surface area contributed by atoms with Gasteiger partial charge in [-0.25, -0.2) is 0 Å². The lowest BCUT2D eigenvalue weighted by Gasteiger charge is -2.19. The molecule has 0 aliphatic heterocycles. The fourth-order valence-electron chi connectivity index (χ4n) is 1.82. The fourth-order valence-corrected chi connectivity index (χ4v) is 2.39. The lowest BCUT2D eigenvalue weighted by atomic mass is 10.1. The molecule has 1 aromatic rings. The molecular weight excluding hydrogens is 450 g/mol. The Morgan fingerprint density at radius 3 is 2.57 bits per heavy atom. The molecule has 1 aromatic carbocycles. The molecule has 0 aliphatic rings. The predicted molar refractivity (Wildman–Crippen MR) is 108 cm³/mol. The molecule has 130 valence electrons. The second-order valence-electron chi connectivity index (χ2n) is 4.81. The van der Waals surface area contributed by atoms with Crippen LogP contribution in [0.3, 0.4) is 0 Å². The van der Waals surface area contributed by atoms with Gasteiger partial charge in [-0.1, -0.05) is 36.2 Å². The Morgan fingerprint density at radius 1 is 1.30 bits per heavy atom. The van der Waals surface area contributed by atoms with E-state index < -0.39 is 0 Å². The van der Waals surface area contributed by atoms with Crippen LogP contribution in [0.1, 0.15) is 31.9 Å². The van der Waals surface area contributed by atoms with Crippen LogP contribution < -0.4 is 16.0 Å². The van der Waals surface area contributed by atoms with Crippen molar-refractivity contribution in [3.63, 3.8) is 0 Å². The zero-order chi connectivity index (χ0) is 16.5.